The Morgan fingerprint density at radius 1 is 1.05 bits per heavy atom. The Kier molecular flexibility index (Phi) is 5.25. The normalized spacial score (nSPS) is 10.1. The van der Waals surface area contributed by atoms with Crippen LogP contribution in [0.4, 0.5) is 10.1 Å². The summed E-state index contributed by atoms with van der Waals surface area (Å²) >= 11 is 0. The number of rotatable bonds is 5. The van der Waals surface area contributed by atoms with Crippen LogP contribution >= 0.6 is 0 Å². The van der Waals surface area contributed by atoms with Gasteiger partial charge in [0.25, 0.3) is 0 Å². The zero-order valence-corrected chi connectivity index (χ0v) is 12.3. The zero-order chi connectivity index (χ0) is 15.9. The van der Waals surface area contributed by atoms with Gasteiger partial charge in [-0.25, -0.2) is 4.39 Å². The highest BCUT2D eigenvalue weighted by molar-refractivity contribution is 6.03. The molecule has 114 valence electrons. The summed E-state index contributed by atoms with van der Waals surface area (Å²) in [7, 11) is 1.65. The molecule has 2 aromatic carbocycles. The largest absolute Gasteiger partial charge is 0.341 e. The monoisotopic (exact) mass is 300 g/mol. The summed E-state index contributed by atoms with van der Waals surface area (Å²) in [5.74, 6) is -1.07. The van der Waals surface area contributed by atoms with Gasteiger partial charge < -0.3 is 10.2 Å². The first-order chi connectivity index (χ1) is 10.5. The van der Waals surface area contributed by atoms with Gasteiger partial charge in [-0.2, -0.15) is 0 Å². The highest BCUT2D eigenvalue weighted by Crippen LogP contribution is 2.09. The quantitative estimate of drug-likeness (QED) is 0.863. The Bertz CT molecular complexity index is 641. The summed E-state index contributed by atoms with van der Waals surface area (Å²) in [5.41, 5.74) is 1.46. The number of halogens is 1. The molecule has 0 aliphatic heterocycles. The van der Waals surface area contributed by atoms with E-state index in [4.69, 9.17) is 0 Å². The molecule has 5 heteroatoms. The van der Waals surface area contributed by atoms with Crippen molar-refractivity contribution in [1.29, 1.82) is 0 Å². The van der Waals surface area contributed by atoms with Gasteiger partial charge in [-0.1, -0.05) is 30.3 Å². The molecular formula is C17H17FN2O2. The fourth-order valence-electron chi connectivity index (χ4n) is 1.96. The van der Waals surface area contributed by atoms with E-state index in [1.165, 1.54) is 29.2 Å². The van der Waals surface area contributed by atoms with E-state index in [2.05, 4.69) is 5.32 Å². The Balaban J connectivity index is 1.85. The Morgan fingerprint density at radius 3 is 2.32 bits per heavy atom. The van der Waals surface area contributed by atoms with Crippen molar-refractivity contribution in [2.24, 2.45) is 0 Å². The maximum absolute atomic E-state index is 12.8. The molecule has 0 aliphatic carbocycles. The van der Waals surface area contributed by atoms with Crippen molar-refractivity contribution in [3.05, 3.63) is 66.0 Å². The van der Waals surface area contributed by atoms with Gasteiger partial charge in [0, 0.05) is 19.3 Å². The van der Waals surface area contributed by atoms with Crippen LogP contribution < -0.4 is 5.32 Å². The minimum absolute atomic E-state index is 0.249. The summed E-state index contributed by atoms with van der Waals surface area (Å²) in [6.45, 7) is 0.448. The molecule has 0 heterocycles. The van der Waals surface area contributed by atoms with Crippen molar-refractivity contribution in [2.45, 2.75) is 13.0 Å². The van der Waals surface area contributed by atoms with Crippen molar-refractivity contribution in [3.8, 4) is 0 Å². The number of nitrogens with one attached hydrogen (secondary N) is 1. The van der Waals surface area contributed by atoms with Crippen molar-refractivity contribution < 1.29 is 14.0 Å². The van der Waals surface area contributed by atoms with Gasteiger partial charge in [0.1, 0.15) is 12.2 Å². The molecule has 0 atom stereocenters. The lowest BCUT2D eigenvalue weighted by Gasteiger charge is -2.17. The Labute approximate surface area is 128 Å². The molecule has 0 saturated heterocycles. The lowest BCUT2D eigenvalue weighted by Crippen LogP contribution is -2.30. The number of hydrogen-bond acceptors (Lipinski definition) is 2. The van der Waals surface area contributed by atoms with Gasteiger partial charge >= 0.3 is 0 Å². The minimum Gasteiger partial charge on any atom is -0.341 e. The third-order valence-corrected chi connectivity index (χ3v) is 3.13. The van der Waals surface area contributed by atoms with Crippen molar-refractivity contribution in [2.75, 3.05) is 12.4 Å². The first kappa shape index (κ1) is 15.7. The van der Waals surface area contributed by atoms with Gasteiger partial charge in [0.15, 0.2) is 0 Å². The maximum Gasteiger partial charge on any atom is 0.233 e. The number of carbonyl (C=O) groups is 2. The molecule has 0 spiro atoms. The second kappa shape index (κ2) is 7.36. The Morgan fingerprint density at radius 2 is 1.68 bits per heavy atom. The smallest absolute Gasteiger partial charge is 0.233 e. The molecule has 2 amide bonds. The minimum atomic E-state index is -0.420. The van der Waals surface area contributed by atoms with Crippen LogP contribution in [0.25, 0.3) is 0 Å². The van der Waals surface area contributed by atoms with Gasteiger partial charge in [0.2, 0.25) is 11.8 Å². The standard InChI is InChI=1S/C17H17FN2O2/c1-20(12-13-5-3-2-4-6-13)17(22)11-16(21)19-15-9-7-14(18)8-10-15/h2-10H,11-12H2,1H3,(H,19,21). The van der Waals surface area contributed by atoms with Crippen molar-refractivity contribution in [3.63, 3.8) is 0 Å². The fraction of sp³-hybridized carbons (Fsp3) is 0.176. The molecule has 0 fully saturated rings. The highest BCUT2D eigenvalue weighted by atomic mass is 19.1. The van der Waals surface area contributed by atoms with Crippen LogP contribution in [-0.2, 0) is 16.1 Å². The summed E-state index contributed by atoms with van der Waals surface area (Å²) in [6, 6.07) is 14.9. The number of anilines is 1. The third-order valence-electron chi connectivity index (χ3n) is 3.13. The van der Waals surface area contributed by atoms with E-state index in [0.29, 0.717) is 12.2 Å². The highest BCUT2D eigenvalue weighted by Gasteiger charge is 2.14. The molecule has 2 rings (SSSR count). The predicted octanol–water partition coefficient (Wildman–Crippen LogP) is 2.81. The average molecular weight is 300 g/mol. The molecule has 1 N–H and O–H groups in total. The van der Waals surface area contributed by atoms with Crippen LogP contribution in [0.5, 0.6) is 0 Å². The molecule has 0 radical (unpaired) electrons. The zero-order valence-electron chi connectivity index (χ0n) is 12.3. The predicted molar refractivity (Wildman–Crippen MR) is 82.6 cm³/mol. The van der Waals surface area contributed by atoms with E-state index in [9.17, 15) is 14.0 Å². The molecule has 0 bridgehead atoms. The van der Waals surface area contributed by atoms with Gasteiger partial charge in [0.05, 0.1) is 0 Å². The summed E-state index contributed by atoms with van der Waals surface area (Å²) in [4.78, 5) is 25.3. The molecule has 0 saturated carbocycles. The lowest BCUT2D eigenvalue weighted by molar-refractivity contribution is -0.133. The summed E-state index contributed by atoms with van der Waals surface area (Å²) in [5, 5.41) is 2.57. The van der Waals surface area contributed by atoms with E-state index < -0.39 is 5.91 Å². The van der Waals surface area contributed by atoms with Crippen LogP contribution in [-0.4, -0.2) is 23.8 Å². The number of amides is 2. The topological polar surface area (TPSA) is 49.4 Å². The van der Waals surface area contributed by atoms with E-state index in [1.54, 1.807) is 7.05 Å². The Hall–Kier alpha value is -2.69. The first-order valence-electron chi connectivity index (χ1n) is 6.88. The first-order valence-corrected chi connectivity index (χ1v) is 6.88. The van der Waals surface area contributed by atoms with E-state index in [-0.39, 0.29) is 18.1 Å². The van der Waals surface area contributed by atoms with Gasteiger partial charge in [-0.15, -0.1) is 0 Å². The van der Waals surface area contributed by atoms with Crippen LogP contribution in [0.3, 0.4) is 0 Å². The van der Waals surface area contributed by atoms with E-state index >= 15 is 0 Å². The van der Waals surface area contributed by atoms with Crippen LogP contribution in [0.1, 0.15) is 12.0 Å². The SMILES string of the molecule is CN(Cc1ccccc1)C(=O)CC(=O)Nc1ccc(F)cc1. The number of benzene rings is 2. The van der Waals surface area contributed by atoms with Crippen molar-refractivity contribution >= 4 is 17.5 Å². The van der Waals surface area contributed by atoms with Crippen molar-refractivity contribution in [1.82, 2.24) is 4.90 Å². The number of hydrogen-bond donors (Lipinski definition) is 1. The average Bonchev–Trinajstić information content (AvgIpc) is 2.50. The summed E-state index contributed by atoms with van der Waals surface area (Å²) < 4.78 is 12.8. The second-order valence-corrected chi connectivity index (χ2v) is 4.97. The molecular weight excluding hydrogens is 283 g/mol. The second-order valence-electron chi connectivity index (χ2n) is 4.97. The number of carbonyl (C=O) groups excluding carboxylic acids is 2. The van der Waals surface area contributed by atoms with Crippen LogP contribution in [0.2, 0.25) is 0 Å². The van der Waals surface area contributed by atoms with Gasteiger partial charge in [-0.3, -0.25) is 9.59 Å². The third kappa shape index (κ3) is 4.70. The maximum atomic E-state index is 12.8. The molecule has 2 aromatic rings. The fourth-order valence-corrected chi connectivity index (χ4v) is 1.96. The molecule has 22 heavy (non-hydrogen) atoms. The number of nitrogens with zero attached hydrogens (tertiary/aromatic N) is 1. The summed E-state index contributed by atoms with van der Waals surface area (Å²) in [6.07, 6.45) is -0.249. The van der Waals surface area contributed by atoms with Crippen LogP contribution in [0.15, 0.2) is 54.6 Å². The van der Waals surface area contributed by atoms with E-state index in [1.807, 2.05) is 30.3 Å². The van der Waals surface area contributed by atoms with Crippen LogP contribution in [0, 0.1) is 5.82 Å². The molecule has 0 unspecified atom stereocenters. The van der Waals surface area contributed by atoms with E-state index in [0.717, 1.165) is 5.56 Å². The van der Waals surface area contributed by atoms with Gasteiger partial charge in [-0.05, 0) is 29.8 Å². The molecule has 0 aromatic heterocycles. The molecule has 4 nitrogen and oxygen atoms in total. The lowest BCUT2D eigenvalue weighted by atomic mass is 10.2. The molecule has 0 aliphatic rings.